The Labute approximate surface area is 115 Å². The van der Waals surface area contributed by atoms with Crippen molar-refractivity contribution in [3.8, 4) is 5.75 Å². The fourth-order valence-corrected chi connectivity index (χ4v) is 2.12. The number of hydrogen-bond acceptors (Lipinski definition) is 2. The van der Waals surface area contributed by atoms with Crippen molar-refractivity contribution >= 4 is 11.6 Å². The van der Waals surface area contributed by atoms with Crippen molar-refractivity contribution in [3.63, 3.8) is 0 Å². The third-order valence-corrected chi connectivity index (χ3v) is 3.34. The van der Waals surface area contributed by atoms with Gasteiger partial charge in [0.1, 0.15) is 5.75 Å². The second-order valence-corrected chi connectivity index (χ2v) is 6.30. The van der Waals surface area contributed by atoms with Gasteiger partial charge in [-0.15, -0.1) is 0 Å². The van der Waals surface area contributed by atoms with Crippen LogP contribution in [-0.4, -0.2) is 19.1 Å². The zero-order chi connectivity index (χ0) is 13.9. The van der Waals surface area contributed by atoms with Gasteiger partial charge in [0.15, 0.2) is 0 Å². The van der Waals surface area contributed by atoms with Crippen LogP contribution < -0.4 is 9.64 Å². The van der Waals surface area contributed by atoms with Crippen molar-refractivity contribution in [2.75, 3.05) is 18.1 Å². The van der Waals surface area contributed by atoms with E-state index in [4.69, 9.17) is 4.74 Å². The van der Waals surface area contributed by atoms with Gasteiger partial charge in [-0.1, -0.05) is 20.8 Å². The van der Waals surface area contributed by atoms with Crippen LogP contribution in [0.15, 0.2) is 24.3 Å². The Morgan fingerprint density at radius 2 is 1.89 bits per heavy atom. The summed E-state index contributed by atoms with van der Waals surface area (Å²) in [5, 5.41) is 0. The normalized spacial score (nSPS) is 15.9. The summed E-state index contributed by atoms with van der Waals surface area (Å²) in [4.78, 5) is 13.5. The van der Waals surface area contributed by atoms with Crippen molar-refractivity contribution in [3.05, 3.63) is 24.3 Å². The van der Waals surface area contributed by atoms with Crippen molar-refractivity contribution in [1.82, 2.24) is 0 Å². The maximum atomic E-state index is 11.6. The third-order valence-electron chi connectivity index (χ3n) is 3.34. The number of anilines is 1. The lowest BCUT2D eigenvalue weighted by Crippen LogP contribution is -2.23. The molecule has 0 aliphatic carbocycles. The summed E-state index contributed by atoms with van der Waals surface area (Å²) in [5.41, 5.74) is 1.27. The average molecular weight is 261 g/mol. The highest BCUT2D eigenvalue weighted by molar-refractivity contribution is 5.95. The van der Waals surface area contributed by atoms with Crippen LogP contribution in [0.25, 0.3) is 0 Å². The van der Waals surface area contributed by atoms with Gasteiger partial charge < -0.3 is 9.64 Å². The smallest absolute Gasteiger partial charge is 0.227 e. The van der Waals surface area contributed by atoms with Gasteiger partial charge in [0, 0.05) is 18.7 Å². The van der Waals surface area contributed by atoms with Crippen LogP contribution in [-0.2, 0) is 4.79 Å². The highest BCUT2D eigenvalue weighted by Crippen LogP contribution is 2.24. The van der Waals surface area contributed by atoms with E-state index in [1.807, 2.05) is 29.2 Å². The zero-order valence-corrected chi connectivity index (χ0v) is 12.1. The number of ether oxygens (including phenoxy) is 1. The molecule has 0 aromatic heterocycles. The summed E-state index contributed by atoms with van der Waals surface area (Å²) in [6.07, 6.45) is 2.66. The van der Waals surface area contributed by atoms with Crippen LogP contribution in [0.3, 0.4) is 0 Å². The molecule has 0 N–H and O–H groups in total. The van der Waals surface area contributed by atoms with Crippen molar-refractivity contribution in [1.29, 1.82) is 0 Å². The minimum Gasteiger partial charge on any atom is -0.494 e. The lowest BCUT2D eigenvalue weighted by molar-refractivity contribution is -0.117. The monoisotopic (exact) mass is 261 g/mol. The van der Waals surface area contributed by atoms with Crippen LogP contribution in [0.1, 0.15) is 40.0 Å². The van der Waals surface area contributed by atoms with E-state index in [1.165, 1.54) is 0 Å². The molecular formula is C16H23NO2. The van der Waals surface area contributed by atoms with E-state index in [9.17, 15) is 4.79 Å². The van der Waals surface area contributed by atoms with Gasteiger partial charge in [0.25, 0.3) is 0 Å². The highest BCUT2D eigenvalue weighted by Gasteiger charge is 2.21. The van der Waals surface area contributed by atoms with E-state index in [0.717, 1.165) is 37.4 Å². The standard InChI is InChI=1S/C16H23NO2/c1-16(2,3)10-12-19-14-8-6-13(7-9-14)17-11-4-5-15(17)18/h6-9H,4-5,10-12H2,1-3H3. The van der Waals surface area contributed by atoms with Crippen LogP contribution in [0, 0.1) is 5.41 Å². The maximum absolute atomic E-state index is 11.6. The zero-order valence-electron chi connectivity index (χ0n) is 12.1. The second kappa shape index (κ2) is 5.64. The van der Waals surface area contributed by atoms with E-state index >= 15 is 0 Å². The van der Waals surface area contributed by atoms with Crippen LogP contribution >= 0.6 is 0 Å². The molecule has 2 rings (SSSR count). The SMILES string of the molecule is CC(C)(C)CCOc1ccc(N2CCCC2=O)cc1. The lowest BCUT2D eigenvalue weighted by Gasteiger charge is -2.19. The number of amides is 1. The first-order valence-electron chi connectivity index (χ1n) is 6.99. The first-order chi connectivity index (χ1) is 8.96. The molecule has 0 atom stereocenters. The molecule has 3 heteroatoms. The van der Waals surface area contributed by atoms with Gasteiger partial charge in [-0.05, 0) is 42.5 Å². The number of carbonyl (C=O) groups is 1. The number of carbonyl (C=O) groups excluding carboxylic acids is 1. The first-order valence-corrected chi connectivity index (χ1v) is 6.99. The summed E-state index contributed by atoms with van der Waals surface area (Å²) >= 11 is 0. The minimum absolute atomic E-state index is 0.224. The number of hydrogen-bond donors (Lipinski definition) is 0. The van der Waals surface area contributed by atoms with Gasteiger partial charge in [0.2, 0.25) is 5.91 Å². The van der Waals surface area contributed by atoms with Crippen molar-refractivity contribution in [2.24, 2.45) is 5.41 Å². The number of nitrogens with zero attached hydrogens (tertiary/aromatic N) is 1. The topological polar surface area (TPSA) is 29.5 Å². The average Bonchev–Trinajstić information content (AvgIpc) is 2.75. The summed E-state index contributed by atoms with van der Waals surface area (Å²) < 4.78 is 5.72. The quantitative estimate of drug-likeness (QED) is 0.828. The molecule has 0 spiro atoms. The number of benzene rings is 1. The van der Waals surface area contributed by atoms with E-state index < -0.39 is 0 Å². The summed E-state index contributed by atoms with van der Waals surface area (Å²) in [6, 6.07) is 7.83. The molecule has 1 aromatic carbocycles. The Morgan fingerprint density at radius 3 is 2.42 bits per heavy atom. The Morgan fingerprint density at radius 1 is 1.21 bits per heavy atom. The fraction of sp³-hybridized carbons (Fsp3) is 0.562. The highest BCUT2D eigenvalue weighted by atomic mass is 16.5. The molecule has 1 aliphatic heterocycles. The predicted molar refractivity (Wildman–Crippen MR) is 77.6 cm³/mol. The molecular weight excluding hydrogens is 238 g/mol. The maximum Gasteiger partial charge on any atom is 0.227 e. The summed E-state index contributed by atoms with van der Waals surface area (Å²) in [7, 11) is 0. The van der Waals surface area contributed by atoms with Gasteiger partial charge in [-0.3, -0.25) is 4.79 Å². The van der Waals surface area contributed by atoms with Crippen LogP contribution in [0.5, 0.6) is 5.75 Å². The minimum atomic E-state index is 0.224. The van der Waals surface area contributed by atoms with Crippen molar-refractivity contribution < 1.29 is 9.53 Å². The third kappa shape index (κ3) is 3.98. The molecule has 0 saturated carbocycles. The molecule has 1 amide bonds. The van der Waals surface area contributed by atoms with Gasteiger partial charge >= 0.3 is 0 Å². The van der Waals surface area contributed by atoms with E-state index in [1.54, 1.807) is 0 Å². The molecule has 19 heavy (non-hydrogen) atoms. The van der Waals surface area contributed by atoms with Gasteiger partial charge in [0.05, 0.1) is 6.61 Å². The molecule has 1 heterocycles. The van der Waals surface area contributed by atoms with E-state index in [0.29, 0.717) is 11.8 Å². The predicted octanol–water partition coefficient (Wildman–Crippen LogP) is 3.63. The van der Waals surface area contributed by atoms with E-state index in [2.05, 4.69) is 20.8 Å². The van der Waals surface area contributed by atoms with Crippen LogP contribution in [0.4, 0.5) is 5.69 Å². The first kappa shape index (κ1) is 13.9. The molecule has 1 aromatic rings. The molecule has 0 unspecified atom stereocenters. The molecule has 1 fully saturated rings. The van der Waals surface area contributed by atoms with Gasteiger partial charge in [-0.25, -0.2) is 0 Å². The van der Waals surface area contributed by atoms with Crippen molar-refractivity contribution in [2.45, 2.75) is 40.0 Å². The summed E-state index contributed by atoms with van der Waals surface area (Å²) in [5.74, 6) is 1.10. The molecule has 1 saturated heterocycles. The Hall–Kier alpha value is -1.51. The van der Waals surface area contributed by atoms with Gasteiger partial charge in [-0.2, -0.15) is 0 Å². The molecule has 0 radical (unpaired) electrons. The Balaban J connectivity index is 1.90. The Kier molecular flexibility index (Phi) is 4.13. The Bertz CT molecular complexity index is 431. The summed E-state index contributed by atoms with van der Waals surface area (Å²) in [6.45, 7) is 8.18. The molecule has 104 valence electrons. The number of rotatable bonds is 4. The molecule has 3 nitrogen and oxygen atoms in total. The van der Waals surface area contributed by atoms with E-state index in [-0.39, 0.29) is 5.91 Å². The molecule has 0 bridgehead atoms. The lowest BCUT2D eigenvalue weighted by atomic mass is 9.93. The largest absolute Gasteiger partial charge is 0.494 e. The second-order valence-electron chi connectivity index (χ2n) is 6.30. The fourth-order valence-electron chi connectivity index (χ4n) is 2.12. The molecule has 1 aliphatic rings. The van der Waals surface area contributed by atoms with Crippen LogP contribution in [0.2, 0.25) is 0 Å².